The average Bonchev–Trinajstić information content (AvgIpc) is 2.67. The number of aromatic nitrogens is 4. The molecular formula is C14H20N4Si. The molecule has 2 heterocycles. The number of nitrogens with zero attached hydrogens (tertiary/aromatic N) is 4. The Labute approximate surface area is 115 Å². The van der Waals surface area contributed by atoms with Crippen LogP contribution in [-0.2, 0) is 5.41 Å². The van der Waals surface area contributed by atoms with E-state index >= 15 is 0 Å². The van der Waals surface area contributed by atoms with Gasteiger partial charge in [-0.05, 0) is 0 Å². The summed E-state index contributed by atoms with van der Waals surface area (Å²) in [4.78, 5) is 8.75. The summed E-state index contributed by atoms with van der Waals surface area (Å²) in [7, 11) is -1.37. The quantitative estimate of drug-likeness (QED) is 0.547. The first-order chi connectivity index (χ1) is 8.65. The van der Waals surface area contributed by atoms with Crippen LogP contribution in [0.4, 0.5) is 0 Å². The van der Waals surface area contributed by atoms with Crippen LogP contribution in [0.3, 0.4) is 0 Å². The highest BCUT2D eigenvalue weighted by atomic mass is 28.3. The Morgan fingerprint density at radius 1 is 1.21 bits per heavy atom. The maximum absolute atomic E-state index is 4.48. The Balaban J connectivity index is 2.43. The van der Waals surface area contributed by atoms with Gasteiger partial charge in [-0.3, -0.25) is 0 Å². The molecule has 0 aliphatic heterocycles. The fourth-order valence-corrected chi connectivity index (χ4v) is 1.94. The maximum atomic E-state index is 4.48. The summed E-state index contributed by atoms with van der Waals surface area (Å²) in [6.07, 6.45) is 3.67. The molecule has 2 rings (SSSR count). The molecule has 0 saturated heterocycles. The van der Waals surface area contributed by atoms with Crippen molar-refractivity contribution in [2.45, 2.75) is 45.8 Å². The van der Waals surface area contributed by atoms with Gasteiger partial charge in [-0.25, -0.2) is 9.50 Å². The monoisotopic (exact) mass is 272 g/mol. The van der Waals surface area contributed by atoms with Gasteiger partial charge in [0.25, 0.3) is 5.78 Å². The molecule has 100 valence electrons. The largest absolute Gasteiger partial charge is 0.252 e. The van der Waals surface area contributed by atoms with Gasteiger partial charge < -0.3 is 0 Å². The first-order valence-corrected chi connectivity index (χ1v) is 9.91. The second-order valence-corrected chi connectivity index (χ2v) is 11.5. The van der Waals surface area contributed by atoms with E-state index < -0.39 is 8.07 Å². The number of fused-ring (bicyclic) bond motifs is 1. The molecule has 0 aliphatic carbocycles. The zero-order valence-corrected chi connectivity index (χ0v) is 13.4. The van der Waals surface area contributed by atoms with Crippen LogP contribution in [0.15, 0.2) is 12.4 Å². The van der Waals surface area contributed by atoms with Crippen molar-refractivity contribution in [3.8, 4) is 11.5 Å². The Hall–Kier alpha value is -1.67. The molecule has 4 nitrogen and oxygen atoms in total. The van der Waals surface area contributed by atoms with Crippen molar-refractivity contribution in [3.05, 3.63) is 23.8 Å². The molecule has 0 radical (unpaired) electrons. The van der Waals surface area contributed by atoms with Gasteiger partial charge in [-0.15, -0.1) is 10.6 Å². The van der Waals surface area contributed by atoms with Gasteiger partial charge in [0.2, 0.25) is 0 Å². The Morgan fingerprint density at radius 2 is 1.89 bits per heavy atom. The fraction of sp³-hybridized carbons (Fsp3) is 0.500. The molecule has 0 atom stereocenters. The van der Waals surface area contributed by atoms with Gasteiger partial charge in [-0.2, -0.15) is 4.98 Å². The van der Waals surface area contributed by atoms with Crippen LogP contribution >= 0.6 is 0 Å². The van der Waals surface area contributed by atoms with Crippen LogP contribution < -0.4 is 0 Å². The van der Waals surface area contributed by atoms with E-state index in [0.29, 0.717) is 5.78 Å². The predicted octanol–water partition coefficient (Wildman–Crippen LogP) is 2.65. The molecule has 0 spiro atoms. The van der Waals surface area contributed by atoms with E-state index in [-0.39, 0.29) is 5.41 Å². The van der Waals surface area contributed by atoms with Crippen molar-refractivity contribution >= 4 is 13.9 Å². The smallest absolute Gasteiger partial charge is 0.218 e. The van der Waals surface area contributed by atoms with Gasteiger partial charge in [0.05, 0.1) is 5.56 Å². The van der Waals surface area contributed by atoms with E-state index in [9.17, 15) is 0 Å². The minimum Gasteiger partial charge on any atom is -0.218 e. The fourth-order valence-electron chi connectivity index (χ4n) is 1.42. The Morgan fingerprint density at radius 3 is 2.47 bits per heavy atom. The zero-order valence-electron chi connectivity index (χ0n) is 12.4. The third-order valence-electron chi connectivity index (χ3n) is 2.45. The molecule has 5 heteroatoms. The number of hydrogen-bond donors (Lipinski definition) is 0. The van der Waals surface area contributed by atoms with Gasteiger partial charge in [-0.1, -0.05) is 46.3 Å². The summed E-state index contributed by atoms with van der Waals surface area (Å²) >= 11 is 0. The van der Waals surface area contributed by atoms with E-state index in [0.717, 1.165) is 11.4 Å². The summed E-state index contributed by atoms with van der Waals surface area (Å²) in [5.41, 5.74) is 4.14. The lowest BCUT2D eigenvalue weighted by Gasteiger charge is -2.11. The highest BCUT2D eigenvalue weighted by Crippen LogP contribution is 2.18. The molecule has 0 aliphatic rings. The SMILES string of the molecule is CC(C)(C)c1nc2ncc(C#C[Si](C)(C)C)cn2n1. The molecule has 0 unspecified atom stereocenters. The molecule has 0 N–H and O–H groups in total. The molecule has 0 fully saturated rings. The second kappa shape index (κ2) is 4.46. The van der Waals surface area contributed by atoms with Crippen molar-refractivity contribution < 1.29 is 0 Å². The lowest BCUT2D eigenvalue weighted by atomic mass is 9.96. The second-order valence-electron chi connectivity index (χ2n) is 6.77. The van der Waals surface area contributed by atoms with Crippen molar-refractivity contribution in [3.63, 3.8) is 0 Å². The summed E-state index contributed by atoms with van der Waals surface area (Å²) < 4.78 is 1.72. The van der Waals surface area contributed by atoms with Crippen molar-refractivity contribution in [2.24, 2.45) is 0 Å². The topological polar surface area (TPSA) is 43.1 Å². The third-order valence-corrected chi connectivity index (χ3v) is 3.32. The Kier molecular flexibility index (Phi) is 3.23. The normalized spacial score (nSPS) is 12.3. The first-order valence-electron chi connectivity index (χ1n) is 6.41. The molecular weight excluding hydrogens is 252 g/mol. The Bertz CT molecular complexity index is 663. The van der Waals surface area contributed by atoms with E-state index in [2.05, 4.69) is 66.9 Å². The summed E-state index contributed by atoms with van der Waals surface area (Å²) in [6, 6.07) is 0. The third kappa shape index (κ3) is 3.41. The zero-order chi connectivity index (χ0) is 14.3. The van der Waals surface area contributed by atoms with Crippen molar-refractivity contribution in [1.29, 1.82) is 0 Å². The van der Waals surface area contributed by atoms with Crippen LogP contribution in [-0.4, -0.2) is 27.7 Å². The van der Waals surface area contributed by atoms with Crippen LogP contribution in [0.1, 0.15) is 32.2 Å². The first kappa shape index (κ1) is 13.8. The summed E-state index contributed by atoms with van der Waals surface area (Å²) in [5.74, 6) is 4.61. The van der Waals surface area contributed by atoms with Crippen LogP contribution in [0.25, 0.3) is 5.78 Å². The molecule has 2 aromatic rings. The van der Waals surface area contributed by atoms with Crippen molar-refractivity contribution in [1.82, 2.24) is 19.6 Å². The highest BCUT2D eigenvalue weighted by Gasteiger charge is 2.20. The van der Waals surface area contributed by atoms with E-state index in [1.807, 2.05) is 6.20 Å². The summed E-state index contributed by atoms with van der Waals surface area (Å²) in [5, 5.41) is 4.48. The standard InChI is InChI=1S/C14H20N4Si/c1-14(2,3)12-16-13-15-9-11(10-18(13)17-12)7-8-19(4,5)6/h9-10H,1-6H3. The molecule has 0 bridgehead atoms. The molecule has 0 saturated carbocycles. The van der Waals surface area contributed by atoms with E-state index in [1.165, 1.54) is 0 Å². The molecule has 0 amide bonds. The molecule has 19 heavy (non-hydrogen) atoms. The van der Waals surface area contributed by atoms with Crippen molar-refractivity contribution in [2.75, 3.05) is 0 Å². The van der Waals surface area contributed by atoms with Gasteiger partial charge in [0, 0.05) is 17.8 Å². The van der Waals surface area contributed by atoms with Crippen LogP contribution in [0, 0.1) is 11.5 Å². The van der Waals surface area contributed by atoms with Gasteiger partial charge in [0.15, 0.2) is 5.82 Å². The van der Waals surface area contributed by atoms with Gasteiger partial charge in [0.1, 0.15) is 8.07 Å². The molecule has 0 aromatic carbocycles. The lowest BCUT2D eigenvalue weighted by Crippen LogP contribution is -2.16. The lowest BCUT2D eigenvalue weighted by molar-refractivity contribution is 0.545. The predicted molar refractivity (Wildman–Crippen MR) is 79.7 cm³/mol. The van der Waals surface area contributed by atoms with Crippen LogP contribution in [0.2, 0.25) is 19.6 Å². The average molecular weight is 272 g/mol. The highest BCUT2D eigenvalue weighted by molar-refractivity contribution is 6.83. The number of rotatable bonds is 0. The van der Waals surface area contributed by atoms with E-state index in [4.69, 9.17) is 0 Å². The molecule has 2 aromatic heterocycles. The van der Waals surface area contributed by atoms with Crippen LogP contribution in [0.5, 0.6) is 0 Å². The van der Waals surface area contributed by atoms with Gasteiger partial charge >= 0.3 is 0 Å². The van der Waals surface area contributed by atoms with E-state index in [1.54, 1.807) is 10.7 Å². The summed E-state index contributed by atoms with van der Waals surface area (Å²) in [6.45, 7) is 12.9. The minimum atomic E-state index is -1.37. The minimum absolute atomic E-state index is 0.0716. The maximum Gasteiger partial charge on any atom is 0.252 e. The number of hydrogen-bond acceptors (Lipinski definition) is 3.